The topological polar surface area (TPSA) is 58.2 Å². The van der Waals surface area contributed by atoms with Crippen molar-refractivity contribution in [1.82, 2.24) is 10.0 Å². The number of benzene rings is 1. The fourth-order valence-corrected chi connectivity index (χ4v) is 3.39. The Hall–Kier alpha value is -0.910. The third-order valence-corrected chi connectivity index (χ3v) is 5.11. The summed E-state index contributed by atoms with van der Waals surface area (Å²) in [6, 6.07) is 7.12. The molecule has 1 saturated carbocycles. The van der Waals surface area contributed by atoms with Gasteiger partial charge in [0.25, 0.3) is 0 Å². The Balaban J connectivity index is 2.04. The first-order valence-electron chi connectivity index (χ1n) is 6.67. The van der Waals surface area contributed by atoms with Gasteiger partial charge in [-0.1, -0.05) is 32.9 Å². The first kappa shape index (κ1) is 14.5. The molecule has 1 aromatic rings. The summed E-state index contributed by atoms with van der Waals surface area (Å²) in [4.78, 5) is 0.343. The molecule has 106 valence electrons. The number of sulfonamides is 1. The molecule has 0 amide bonds. The van der Waals surface area contributed by atoms with Gasteiger partial charge in [-0.3, -0.25) is 0 Å². The van der Waals surface area contributed by atoms with Crippen LogP contribution in [0.5, 0.6) is 0 Å². The Kier molecular flexibility index (Phi) is 3.99. The van der Waals surface area contributed by atoms with E-state index in [9.17, 15) is 8.42 Å². The molecule has 0 heterocycles. The van der Waals surface area contributed by atoms with E-state index in [2.05, 4.69) is 23.9 Å². The summed E-state index contributed by atoms with van der Waals surface area (Å²) in [6.07, 6.45) is 0.907. The molecule has 0 bridgehead atoms. The maximum absolute atomic E-state index is 12.2. The highest BCUT2D eigenvalue weighted by Gasteiger charge is 2.47. The van der Waals surface area contributed by atoms with Gasteiger partial charge in [0.2, 0.25) is 10.0 Å². The van der Waals surface area contributed by atoms with E-state index in [-0.39, 0.29) is 11.5 Å². The lowest BCUT2D eigenvalue weighted by atomic mass is 10.2. The largest absolute Gasteiger partial charge is 0.313 e. The van der Waals surface area contributed by atoms with E-state index >= 15 is 0 Å². The number of rotatable bonds is 6. The average molecular weight is 282 g/mol. The lowest BCUT2D eigenvalue weighted by Gasteiger charge is -2.09. The molecule has 2 N–H and O–H groups in total. The normalized spacial score (nSPS) is 21.3. The highest BCUT2D eigenvalue weighted by atomic mass is 32.2. The van der Waals surface area contributed by atoms with Crippen LogP contribution in [0.25, 0.3) is 0 Å². The van der Waals surface area contributed by atoms with Crippen molar-refractivity contribution in [3.05, 3.63) is 29.8 Å². The smallest absolute Gasteiger partial charge is 0.240 e. The van der Waals surface area contributed by atoms with Crippen molar-refractivity contribution < 1.29 is 8.42 Å². The minimum absolute atomic E-state index is 0.0685. The predicted molar refractivity (Wildman–Crippen MR) is 76.3 cm³/mol. The first-order chi connectivity index (χ1) is 8.85. The fourth-order valence-electron chi connectivity index (χ4n) is 1.98. The highest BCUT2D eigenvalue weighted by molar-refractivity contribution is 7.89. The van der Waals surface area contributed by atoms with Gasteiger partial charge in [0.15, 0.2) is 0 Å². The van der Waals surface area contributed by atoms with Crippen LogP contribution in [0.1, 0.15) is 32.8 Å². The zero-order valence-corrected chi connectivity index (χ0v) is 12.5. The fraction of sp³-hybridized carbons (Fsp3) is 0.571. The average Bonchev–Trinajstić information content (AvgIpc) is 2.93. The second-order valence-electron chi connectivity index (χ2n) is 5.79. The van der Waals surface area contributed by atoms with Gasteiger partial charge in [-0.05, 0) is 36.1 Å². The van der Waals surface area contributed by atoms with Crippen LogP contribution in [0.2, 0.25) is 0 Å². The van der Waals surface area contributed by atoms with Crippen molar-refractivity contribution in [3.8, 4) is 0 Å². The molecule has 1 aliphatic carbocycles. The van der Waals surface area contributed by atoms with E-state index < -0.39 is 10.0 Å². The quantitative estimate of drug-likeness (QED) is 0.837. The minimum Gasteiger partial charge on any atom is -0.313 e. The summed E-state index contributed by atoms with van der Waals surface area (Å²) < 4.78 is 27.1. The molecule has 4 nitrogen and oxygen atoms in total. The summed E-state index contributed by atoms with van der Waals surface area (Å²) in [7, 11) is -3.38. The standard InChI is InChI=1S/C14H22N2O2S/c1-4-15-10-11-5-7-12(8-6-11)19(17,18)16-13-9-14(13,2)3/h5-8,13,15-16H,4,9-10H2,1-3H3. The lowest BCUT2D eigenvalue weighted by molar-refractivity contribution is 0.555. The van der Waals surface area contributed by atoms with Crippen LogP contribution in [0.3, 0.4) is 0 Å². The van der Waals surface area contributed by atoms with Crippen molar-refractivity contribution in [2.45, 2.75) is 44.7 Å². The van der Waals surface area contributed by atoms with Crippen LogP contribution in [0, 0.1) is 5.41 Å². The van der Waals surface area contributed by atoms with Crippen molar-refractivity contribution in [1.29, 1.82) is 0 Å². The molecular weight excluding hydrogens is 260 g/mol. The van der Waals surface area contributed by atoms with Crippen molar-refractivity contribution >= 4 is 10.0 Å². The third kappa shape index (κ3) is 3.55. The van der Waals surface area contributed by atoms with Gasteiger partial charge in [0, 0.05) is 12.6 Å². The molecule has 1 fully saturated rings. The molecular formula is C14H22N2O2S. The highest BCUT2D eigenvalue weighted by Crippen LogP contribution is 2.45. The maximum atomic E-state index is 12.2. The minimum atomic E-state index is -3.38. The lowest BCUT2D eigenvalue weighted by Crippen LogP contribution is -2.28. The zero-order valence-electron chi connectivity index (χ0n) is 11.7. The molecule has 1 unspecified atom stereocenters. The summed E-state index contributed by atoms with van der Waals surface area (Å²) in [5.41, 5.74) is 1.19. The van der Waals surface area contributed by atoms with Gasteiger partial charge in [0.05, 0.1) is 4.90 Å². The van der Waals surface area contributed by atoms with Crippen molar-refractivity contribution in [2.75, 3.05) is 6.54 Å². The Morgan fingerprint density at radius 1 is 1.26 bits per heavy atom. The van der Waals surface area contributed by atoms with E-state index in [1.807, 2.05) is 19.1 Å². The summed E-state index contributed by atoms with van der Waals surface area (Å²) in [6.45, 7) is 7.85. The van der Waals surface area contributed by atoms with Gasteiger partial charge >= 0.3 is 0 Å². The Morgan fingerprint density at radius 3 is 2.32 bits per heavy atom. The second kappa shape index (κ2) is 5.23. The van der Waals surface area contributed by atoms with E-state index in [1.165, 1.54) is 0 Å². The van der Waals surface area contributed by atoms with E-state index in [0.717, 1.165) is 25.1 Å². The Bertz CT molecular complexity index is 535. The van der Waals surface area contributed by atoms with Crippen molar-refractivity contribution in [2.24, 2.45) is 5.41 Å². The van der Waals surface area contributed by atoms with Crippen LogP contribution in [0.4, 0.5) is 0 Å². The Labute approximate surface area is 115 Å². The maximum Gasteiger partial charge on any atom is 0.240 e. The van der Waals surface area contributed by atoms with Gasteiger partial charge in [-0.2, -0.15) is 0 Å². The SMILES string of the molecule is CCNCc1ccc(S(=O)(=O)NC2CC2(C)C)cc1. The van der Waals surface area contributed by atoms with Gasteiger partial charge in [-0.15, -0.1) is 0 Å². The zero-order chi connectivity index (χ0) is 14.1. The number of hydrogen-bond acceptors (Lipinski definition) is 3. The molecule has 0 aliphatic heterocycles. The van der Waals surface area contributed by atoms with Crippen LogP contribution in [-0.2, 0) is 16.6 Å². The van der Waals surface area contributed by atoms with Crippen LogP contribution in [-0.4, -0.2) is 21.0 Å². The Morgan fingerprint density at radius 2 is 1.84 bits per heavy atom. The molecule has 1 aliphatic rings. The first-order valence-corrected chi connectivity index (χ1v) is 8.15. The van der Waals surface area contributed by atoms with Crippen LogP contribution in [0.15, 0.2) is 29.2 Å². The van der Waals surface area contributed by atoms with Crippen LogP contribution >= 0.6 is 0 Å². The summed E-state index contributed by atoms with van der Waals surface area (Å²) >= 11 is 0. The second-order valence-corrected chi connectivity index (χ2v) is 7.50. The molecule has 0 spiro atoms. The molecule has 0 radical (unpaired) electrons. The summed E-state index contributed by atoms with van der Waals surface area (Å²) in [5.74, 6) is 0. The van der Waals surface area contributed by atoms with E-state index in [0.29, 0.717) is 4.90 Å². The van der Waals surface area contributed by atoms with Gasteiger partial charge in [0.1, 0.15) is 0 Å². The van der Waals surface area contributed by atoms with Gasteiger partial charge in [-0.25, -0.2) is 13.1 Å². The van der Waals surface area contributed by atoms with Gasteiger partial charge < -0.3 is 5.32 Å². The molecule has 0 aromatic heterocycles. The molecule has 0 saturated heterocycles. The number of nitrogens with one attached hydrogen (secondary N) is 2. The third-order valence-electron chi connectivity index (χ3n) is 3.62. The molecule has 2 rings (SSSR count). The van der Waals surface area contributed by atoms with E-state index in [1.54, 1.807) is 12.1 Å². The monoisotopic (exact) mass is 282 g/mol. The predicted octanol–water partition coefficient (Wildman–Crippen LogP) is 1.87. The molecule has 1 atom stereocenters. The van der Waals surface area contributed by atoms with E-state index in [4.69, 9.17) is 0 Å². The molecule has 5 heteroatoms. The number of hydrogen-bond donors (Lipinski definition) is 2. The summed E-state index contributed by atoms with van der Waals surface area (Å²) in [5, 5.41) is 3.21. The van der Waals surface area contributed by atoms with Crippen LogP contribution < -0.4 is 10.0 Å². The molecule has 19 heavy (non-hydrogen) atoms. The molecule has 1 aromatic carbocycles. The van der Waals surface area contributed by atoms with Crippen molar-refractivity contribution in [3.63, 3.8) is 0 Å².